The molecule has 1 aliphatic heterocycles. The number of nitrogens with zero attached hydrogens (tertiary/aromatic N) is 2. The number of rotatable bonds is 6. The Bertz CT molecular complexity index is 993. The van der Waals surface area contributed by atoms with Crippen molar-refractivity contribution in [2.45, 2.75) is 26.4 Å². The normalized spacial score (nSPS) is 13.3. The molecule has 142 valence electrons. The van der Waals surface area contributed by atoms with E-state index >= 15 is 0 Å². The van der Waals surface area contributed by atoms with Gasteiger partial charge in [-0.2, -0.15) is 5.10 Å². The summed E-state index contributed by atoms with van der Waals surface area (Å²) in [5, 5.41) is 10.2. The molecule has 0 saturated carbocycles. The predicted octanol–water partition coefficient (Wildman–Crippen LogP) is 3.42. The largest absolute Gasteiger partial charge is 0.305 e. The van der Waals surface area contributed by atoms with Crippen LogP contribution < -0.4 is 5.32 Å². The third-order valence-electron chi connectivity index (χ3n) is 5.06. The van der Waals surface area contributed by atoms with E-state index in [1.54, 1.807) is 24.3 Å². The van der Waals surface area contributed by atoms with Crippen LogP contribution >= 0.6 is 0 Å². The van der Waals surface area contributed by atoms with Gasteiger partial charge in [-0.1, -0.05) is 42.5 Å². The lowest BCUT2D eigenvalue weighted by Crippen LogP contribution is -2.20. The van der Waals surface area contributed by atoms with Gasteiger partial charge in [0.2, 0.25) is 0 Å². The standard InChI is InChI=1S/C22H22N4O2/c1-15(27)17-7-9-18(10-8-17)22(28)23-21-19-13-26(14-20(19)24-25-21)12-11-16-5-3-2-4-6-16/h2-10H,11-14H2,1H3,(H2,23,24,25,28). The van der Waals surface area contributed by atoms with Crippen molar-refractivity contribution in [3.8, 4) is 0 Å². The molecule has 2 N–H and O–H groups in total. The van der Waals surface area contributed by atoms with Crippen molar-refractivity contribution in [2.75, 3.05) is 11.9 Å². The number of amides is 1. The number of benzene rings is 2. The Balaban J connectivity index is 1.38. The van der Waals surface area contributed by atoms with E-state index in [1.165, 1.54) is 12.5 Å². The van der Waals surface area contributed by atoms with Crippen LogP contribution in [0.2, 0.25) is 0 Å². The molecule has 4 rings (SSSR count). The van der Waals surface area contributed by atoms with Gasteiger partial charge in [-0.15, -0.1) is 0 Å². The van der Waals surface area contributed by atoms with E-state index in [4.69, 9.17) is 0 Å². The maximum absolute atomic E-state index is 12.5. The number of H-pyrrole nitrogens is 1. The topological polar surface area (TPSA) is 78.1 Å². The predicted molar refractivity (Wildman–Crippen MR) is 107 cm³/mol. The lowest BCUT2D eigenvalue weighted by Gasteiger charge is -2.15. The molecule has 3 aromatic rings. The molecule has 1 aromatic heterocycles. The number of hydrogen-bond donors (Lipinski definition) is 2. The minimum Gasteiger partial charge on any atom is -0.305 e. The van der Waals surface area contributed by atoms with Crippen molar-refractivity contribution in [1.82, 2.24) is 15.1 Å². The molecule has 0 saturated heterocycles. The first-order valence-corrected chi connectivity index (χ1v) is 9.35. The fourth-order valence-electron chi connectivity index (χ4n) is 3.43. The van der Waals surface area contributed by atoms with Crippen LogP contribution in [-0.2, 0) is 19.5 Å². The van der Waals surface area contributed by atoms with Crippen molar-refractivity contribution >= 4 is 17.5 Å². The summed E-state index contributed by atoms with van der Waals surface area (Å²) >= 11 is 0. The average molecular weight is 374 g/mol. The van der Waals surface area contributed by atoms with Crippen molar-refractivity contribution in [1.29, 1.82) is 0 Å². The molecule has 6 heteroatoms. The fourth-order valence-corrected chi connectivity index (χ4v) is 3.43. The number of fused-ring (bicyclic) bond motifs is 1. The van der Waals surface area contributed by atoms with Crippen LogP contribution in [0.25, 0.3) is 0 Å². The molecule has 0 radical (unpaired) electrons. The lowest BCUT2D eigenvalue weighted by atomic mass is 10.1. The summed E-state index contributed by atoms with van der Waals surface area (Å²) in [7, 11) is 0. The molecule has 2 heterocycles. The number of ketones is 1. The first kappa shape index (κ1) is 18.1. The molecule has 0 spiro atoms. The average Bonchev–Trinajstić information content (AvgIpc) is 3.28. The summed E-state index contributed by atoms with van der Waals surface area (Å²) in [6, 6.07) is 17.1. The van der Waals surface area contributed by atoms with Gasteiger partial charge in [0.05, 0.1) is 5.69 Å². The molecule has 0 bridgehead atoms. The Morgan fingerprint density at radius 1 is 1.04 bits per heavy atom. The van der Waals surface area contributed by atoms with Gasteiger partial charge in [-0.05, 0) is 31.0 Å². The maximum atomic E-state index is 12.5. The van der Waals surface area contributed by atoms with Gasteiger partial charge in [-0.25, -0.2) is 0 Å². The number of aromatic amines is 1. The van der Waals surface area contributed by atoms with Gasteiger partial charge in [-0.3, -0.25) is 19.6 Å². The quantitative estimate of drug-likeness (QED) is 0.648. The van der Waals surface area contributed by atoms with Crippen molar-refractivity contribution in [3.05, 3.63) is 82.5 Å². The second-order valence-corrected chi connectivity index (χ2v) is 7.06. The minimum atomic E-state index is -0.230. The van der Waals surface area contributed by atoms with Crippen LogP contribution in [-0.4, -0.2) is 33.3 Å². The zero-order valence-corrected chi connectivity index (χ0v) is 15.7. The second kappa shape index (κ2) is 7.78. The first-order valence-electron chi connectivity index (χ1n) is 9.35. The molecule has 0 atom stereocenters. The highest BCUT2D eigenvalue weighted by atomic mass is 16.1. The van der Waals surface area contributed by atoms with Gasteiger partial charge >= 0.3 is 0 Å². The summed E-state index contributed by atoms with van der Waals surface area (Å²) in [5.41, 5.74) is 4.50. The SMILES string of the molecule is CC(=O)c1ccc(C(=O)Nc2n[nH]c3c2CN(CCc2ccccc2)C3)cc1. The summed E-state index contributed by atoms with van der Waals surface area (Å²) in [6.07, 6.45) is 0.989. The Kier molecular flexibility index (Phi) is 5.04. The number of carbonyl (C=O) groups excluding carboxylic acids is 2. The number of anilines is 1. The van der Waals surface area contributed by atoms with Crippen LogP contribution in [0.3, 0.4) is 0 Å². The summed E-state index contributed by atoms with van der Waals surface area (Å²) in [5.74, 6) is 0.331. The third kappa shape index (κ3) is 3.87. The molecule has 0 aliphatic carbocycles. The molecule has 28 heavy (non-hydrogen) atoms. The first-order chi connectivity index (χ1) is 13.6. The van der Waals surface area contributed by atoms with E-state index in [1.807, 2.05) is 6.07 Å². The van der Waals surface area contributed by atoms with Gasteiger partial charge in [0.15, 0.2) is 11.6 Å². The van der Waals surface area contributed by atoms with Crippen molar-refractivity contribution in [2.24, 2.45) is 0 Å². The highest BCUT2D eigenvalue weighted by molar-refractivity contribution is 6.05. The monoisotopic (exact) mass is 374 g/mol. The number of hydrogen-bond acceptors (Lipinski definition) is 4. The van der Waals surface area contributed by atoms with Gasteiger partial charge in [0.1, 0.15) is 0 Å². The minimum absolute atomic E-state index is 0.0207. The highest BCUT2D eigenvalue weighted by Crippen LogP contribution is 2.27. The van der Waals surface area contributed by atoms with Crippen molar-refractivity contribution in [3.63, 3.8) is 0 Å². The van der Waals surface area contributed by atoms with Crippen LogP contribution in [0.15, 0.2) is 54.6 Å². The molecular weight excluding hydrogens is 352 g/mol. The zero-order valence-electron chi connectivity index (χ0n) is 15.7. The van der Waals surface area contributed by atoms with Crippen LogP contribution in [0.4, 0.5) is 5.82 Å². The van der Waals surface area contributed by atoms with Gasteiger partial charge in [0.25, 0.3) is 5.91 Å². The summed E-state index contributed by atoms with van der Waals surface area (Å²) in [6.45, 7) is 4.02. The smallest absolute Gasteiger partial charge is 0.256 e. The molecule has 0 unspecified atom stereocenters. The second-order valence-electron chi connectivity index (χ2n) is 7.06. The Hall–Kier alpha value is -3.25. The molecule has 0 fully saturated rings. The number of carbonyl (C=O) groups is 2. The number of nitrogens with one attached hydrogen (secondary N) is 2. The maximum Gasteiger partial charge on any atom is 0.256 e. The van der Waals surface area contributed by atoms with E-state index in [-0.39, 0.29) is 11.7 Å². The Morgan fingerprint density at radius 3 is 2.46 bits per heavy atom. The Labute approximate surface area is 163 Å². The number of aromatic nitrogens is 2. The van der Waals surface area contributed by atoms with E-state index in [2.05, 4.69) is 44.7 Å². The zero-order chi connectivity index (χ0) is 19.5. The van der Waals surface area contributed by atoms with Gasteiger partial charge < -0.3 is 5.32 Å². The molecule has 1 aliphatic rings. The summed E-state index contributed by atoms with van der Waals surface area (Å²) in [4.78, 5) is 26.2. The molecule has 6 nitrogen and oxygen atoms in total. The van der Waals surface area contributed by atoms with Crippen LogP contribution in [0.1, 0.15) is 44.5 Å². The Morgan fingerprint density at radius 2 is 1.75 bits per heavy atom. The van der Waals surface area contributed by atoms with Crippen LogP contribution in [0, 0.1) is 0 Å². The van der Waals surface area contributed by atoms with Crippen LogP contribution in [0.5, 0.6) is 0 Å². The third-order valence-corrected chi connectivity index (χ3v) is 5.06. The highest BCUT2D eigenvalue weighted by Gasteiger charge is 2.25. The number of Topliss-reactive ketones (excluding diaryl/α,β-unsaturated/α-hetero) is 1. The van der Waals surface area contributed by atoms with Gasteiger partial charge in [0, 0.05) is 36.3 Å². The lowest BCUT2D eigenvalue weighted by molar-refractivity contribution is 0.100. The fraction of sp³-hybridized carbons (Fsp3) is 0.227. The van der Waals surface area contributed by atoms with E-state index < -0.39 is 0 Å². The molecular formula is C22H22N4O2. The van der Waals surface area contributed by atoms with E-state index in [9.17, 15) is 9.59 Å². The summed E-state index contributed by atoms with van der Waals surface area (Å²) < 4.78 is 0. The van der Waals surface area contributed by atoms with E-state index in [0.717, 1.165) is 37.3 Å². The van der Waals surface area contributed by atoms with E-state index in [0.29, 0.717) is 16.9 Å². The molecule has 1 amide bonds. The molecule has 2 aromatic carbocycles. The van der Waals surface area contributed by atoms with Crippen molar-refractivity contribution < 1.29 is 9.59 Å².